The number of benzene rings is 2. The van der Waals surface area contributed by atoms with E-state index in [9.17, 15) is 9.18 Å². The Kier molecular flexibility index (Phi) is 5.80. The van der Waals surface area contributed by atoms with Gasteiger partial charge in [-0.2, -0.15) is 4.98 Å². The van der Waals surface area contributed by atoms with Crippen molar-refractivity contribution in [2.75, 3.05) is 19.5 Å². The van der Waals surface area contributed by atoms with E-state index in [2.05, 4.69) is 10.3 Å². The second-order valence-electron chi connectivity index (χ2n) is 7.85. The smallest absolute Gasteiger partial charge is 0.227 e. The van der Waals surface area contributed by atoms with Gasteiger partial charge in [-0.05, 0) is 42.2 Å². The molecule has 1 aliphatic heterocycles. The molecule has 1 N–H and O–H groups in total. The van der Waals surface area contributed by atoms with Crippen molar-refractivity contribution in [3.8, 4) is 11.5 Å². The van der Waals surface area contributed by atoms with Crippen molar-refractivity contribution >= 4 is 23.5 Å². The van der Waals surface area contributed by atoms with Crippen LogP contribution >= 0.6 is 11.8 Å². The molecule has 0 saturated carbocycles. The molecule has 2 aliphatic rings. The Labute approximate surface area is 195 Å². The maximum Gasteiger partial charge on any atom is 0.227 e. The van der Waals surface area contributed by atoms with E-state index < -0.39 is 6.04 Å². The largest absolute Gasteiger partial charge is 0.493 e. The molecule has 1 aliphatic carbocycles. The third-order valence-electron chi connectivity index (χ3n) is 5.89. The summed E-state index contributed by atoms with van der Waals surface area (Å²) in [4.78, 5) is 17.6. The zero-order chi connectivity index (χ0) is 22.9. The van der Waals surface area contributed by atoms with Crippen LogP contribution in [0.1, 0.15) is 36.4 Å². The lowest BCUT2D eigenvalue weighted by Crippen LogP contribution is -2.31. The van der Waals surface area contributed by atoms with Crippen molar-refractivity contribution in [2.24, 2.45) is 0 Å². The molecule has 7 nitrogen and oxygen atoms in total. The number of thioether (sulfide) groups is 1. The van der Waals surface area contributed by atoms with Crippen LogP contribution in [0.5, 0.6) is 11.5 Å². The van der Waals surface area contributed by atoms with Crippen LogP contribution in [0.25, 0.3) is 0 Å². The maximum atomic E-state index is 14.0. The van der Waals surface area contributed by atoms with Crippen molar-refractivity contribution in [3.63, 3.8) is 0 Å². The van der Waals surface area contributed by atoms with Crippen molar-refractivity contribution in [3.05, 3.63) is 70.7 Å². The molecule has 3 aromatic rings. The topological polar surface area (TPSA) is 78.3 Å². The Balaban J connectivity index is 1.54. The monoisotopic (exact) mass is 466 g/mol. The van der Waals surface area contributed by atoms with Crippen LogP contribution in [0.4, 0.5) is 10.3 Å². The fourth-order valence-corrected chi connectivity index (χ4v) is 5.10. The molecule has 0 saturated heterocycles. The van der Waals surface area contributed by atoms with Gasteiger partial charge in [0.05, 0.1) is 14.2 Å². The van der Waals surface area contributed by atoms with Crippen LogP contribution in [0.2, 0.25) is 0 Å². The van der Waals surface area contributed by atoms with Crippen LogP contribution in [0, 0.1) is 5.82 Å². The van der Waals surface area contributed by atoms with E-state index in [1.807, 2.05) is 24.3 Å². The highest BCUT2D eigenvalue weighted by atomic mass is 32.2. The van der Waals surface area contributed by atoms with E-state index in [-0.39, 0.29) is 11.6 Å². The number of hydrogen-bond acceptors (Lipinski definition) is 7. The summed E-state index contributed by atoms with van der Waals surface area (Å²) in [7, 11) is 3.17. The van der Waals surface area contributed by atoms with E-state index in [1.54, 1.807) is 31.0 Å². The molecule has 0 amide bonds. The number of nitrogens with zero attached hydrogens (tertiary/aromatic N) is 3. The Morgan fingerprint density at radius 3 is 2.76 bits per heavy atom. The molecule has 0 radical (unpaired) electrons. The predicted molar refractivity (Wildman–Crippen MR) is 123 cm³/mol. The minimum Gasteiger partial charge on any atom is -0.493 e. The highest BCUT2D eigenvalue weighted by Crippen LogP contribution is 2.42. The van der Waals surface area contributed by atoms with Gasteiger partial charge in [0.15, 0.2) is 17.3 Å². The van der Waals surface area contributed by atoms with Gasteiger partial charge < -0.3 is 14.8 Å². The molecule has 33 heavy (non-hydrogen) atoms. The molecule has 1 atom stereocenters. The van der Waals surface area contributed by atoms with Gasteiger partial charge in [-0.1, -0.05) is 36.0 Å². The minimum atomic E-state index is -0.431. The van der Waals surface area contributed by atoms with Crippen molar-refractivity contribution in [2.45, 2.75) is 36.2 Å². The molecule has 5 rings (SSSR count). The zero-order valence-corrected chi connectivity index (χ0v) is 19.1. The van der Waals surface area contributed by atoms with Gasteiger partial charge in [0.1, 0.15) is 11.9 Å². The van der Waals surface area contributed by atoms with Crippen molar-refractivity contribution in [1.82, 2.24) is 14.8 Å². The molecule has 2 aromatic carbocycles. The molecule has 0 fully saturated rings. The van der Waals surface area contributed by atoms with E-state index in [0.29, 0.717) is 45.9 Å². The standard InChI is InChI=1S/C24H23FN4O3S/c1-31-19-11-10-14(12-20(19)32-2)22-21-17(8-5-9-18(21)30)26-23-27-24(28-29(22)23)33-13-15-6-3-4-7-16(15)25/h3-4,6-7,10-12,22H,5,8-9,13H2,1-2H3,(H,26,27,28)/t22-/m1/s1. The summed E-state index contributed by atoms with van der Waals surface area (Å²) >= 11 is 1.36. The van der Waals surface area contributed by atoms with Crippen LogP contribution in [-0.4, -0.2) is 34.8 Å². The number of aromatic nitrogens is 3. The zero-order valence-electron chi connectivity index (χ0n) is 18.3. The highest BCUT2D eigenvalue weighted by Gasteiger charge is 2.37. The van der Waals surface area contributed by atoms with E-state index in [0.717, 1.165) is 24.1 Å². The fraction of sp³-hybridized carbons (Fsp3) is 0.292. The number of halogens is 1. The number of ketones is 1. The summed E-state index contributed by atoms with van der Waals surface area (Å²) in [5, 5.41) is 8.53. The minimum absolute atomic E-state index is 0.102. The molecule has 0 unspecified atom stereocenters. The molecule has 9 heteroatoms. The molecule has 170 valence electrons. The summed E-state index contributed by atoms with van der Waals surface area (Å²) in [6.07, 6.45) is 2.07. The lowest BCUT2D eigenvalue weighted by molar-refractivity contribution is -0.116. The number of hydrogen-bond donors (Lipinski definition) is 1. The van der Waals surface area contributed by atoms with Gasteiger partial charge in [0, 0.05) is 23.4 Å². The first-order chi connectivity index (χ1) is 16.1. The van der Waals surface area contributed by atoms with Crippen molar-refractivity contribution in [1.29, 1.82) is 0 Å². The van der Waals surface area contributed by atoms with Crippen LogP contribution in [0.15, 0.2) is 58.9 Å². The molecule has 1 aromatic heterocycles. The Bertz CT molecular complexity index is 1260. The number of Topliss-reactive ketones (excluding diaryl/α,β-unsaturated/α-hetero) is 1. The van der Waals surface area contributed by atoms with E-state index >= 15 is 0 Å². The number of allylic oxidation sites excluding steroid dienone is 2. The quantitative estimate of drug-likeness (QED) is 0.525. The SMILES string of the molecule is COc1ccc([C@@H]2C3=C(CCCC3=O)Nc3nc(SCc4ccccc4F)nn32)cc1OC. The number of methoxy groups -OCH3 is 2. The average Bonchev–Trinajstić information content (AvgIpc) is 3.24. The maximum absolute atomic E-state index is 14.0. The van der Waals surface area contributed by atoms with Gasteiger partial charge >= 0.3 is 0 Å². The number of anilines is 1. The molecule has 0 spiro atoms. The third kappa shape index (κ3) is 3.97. The summed E-state index contributed by atoms with van der Waals surface area (Å²) in [5.74, 6) is 2.01. The normalized spacial score (nSPS) is 17.3. The fourth-order valence-electron chi connectivity index (χ4n) is 4.29. The van der Waals surface area contributed by atoms with Crippen LogP contribution in [0.3, 0.4) is 0 Å². The summed E-state index contributed by atoms with van der Waals surface area (Å²) < 4.78 is 26.7. The second kappa shape index (κ2) is 8.90. The van der Waals surface area contributed by atoms with E-state index in [4.69, 9.17) is 14.6 Å². The van der Waals surface area contributed by atoms with Gasteiger partial charge in [-0.15, -0.1) is 5.10 Å². The molecule has 2 heterocycles. The highest BCUT2D eigenvalue weighted by molar-refractivity contribution is 7.98. The summed E-state index contributed by atoms with van der Waals surface area (Å²) in [5.41, 5.74) is 3.04. The van der Waals surface area contributed by atoms with Gasteiger partial charge in [-0.3, -0.25) is 4.79 Å². The number of carbonyl (C=O) groups is 1. The summed E-state index contributed by atoms with van der Waals surface area (Å²) in [6, 6.07) is 11.9. The van der Waals surface area contributed by atoms with Crippen LogP contribution in [-0.2, 0) is 10.5 Å². The Morgan fingerprint density at radius 1 is 1.15 bits per heavy atom. The average molecular weight is 467 g/mol. The first-order valence-electron chi connectivity index (χ1n) is 10.7. The predicted octanol–water partition coefficient (Wildman–Crippen LogP) is 4.75. The number of fused-ring (bicyclic) bond motifs is 1. The Morgan fingerprint density at radius 2 is 1.97 bits per heavy atom. The lowest BCUT2D eigenvalue weighted by Gasteiger charge is -2.32. The van der Waals surface area contributed by atoms with Crippen LogP contribution < -0.4 is 14.8 Å². The van der Waals surface area contributed by atoms with Gasteiger partial charge in [0.25, 0.3) is 0 Å². The number of nitrogens with one attached hydrogen (secondary N) is 1. The van der Waals surface area contributed by atoms with Gasteiger partial charge in [0.2, 0.25) is 11.1 Å². The lowest BCUT2D eigenvalue weighted by atomic mass is 9.85. The first-order valence-corrected chi connectivity index (χ1v) is 11.7. The third-order valence-corrected chi connectivity index (χ3v) is 6.77. The number of ether oxygens (including phenoxy) is 2. The number of rotatable bonds is 6. The van der Waals surface area contributed by atoms with Crippen molar-refractivity contribution < 1.29 is 18.7 Å². The van der Waals surface area contributed by atoms with Gasteiger partial charge in [-0.25, -0.2) is 9.07 Å². The Hall–Kier alpha value is -3.33. The van der Waals surface area contributed by atoms with E-state index in [1.165, 1.54) is 17.8 Å². The molecular formula is C24H23FN4O3S. The molecular weight excluding hydrogens is 443 g/mol. The first kappa shape index (κ1) is 21.5. The molecule has 0 bridgehead atoms. The number of carbonyl (C=O) groups excluding carboxylic acids is 1. The summed E-state index contributed by atoms with van der Waals surface area (Å²) in [6.45, 7) is 0. The second-order valence-corrected chi connectivity index (χ2v) is 8.80.